The maximum absolute atomic E-state index is 12.8. The molecular weight excluding hydrogens is 655 g/mol. The Labute approximate surface area is 295 Å². The van der Waals surface area contributed by atoms with E-state index in [9.17, 15) is 10.1 Å². The van der Waals surface area contributed by atoms with E-state index >= 15 is 0 Å². The van der Waals surface area contributed by atoms with Crippen LogP contribution in [0.2, 0.25) is 0 Å². The molecule has 1 saturated heterocycles. The SMILES string of the molecule is C[C@H](Oc1cc(-n2cc3c(n2)CN(C(=O)OC(C)(C)C)C3)nc(-c2noc3c2CCC[C@@]32CCCc3sc(N)c(C#N)c32)n1)[C@@H]1CCCN1C. The molecule has 0 unspecified atom stereocenters. The van der Waals surface area contributed by atoms with Gasteiger partial charge in [0.05, 0.1) is 29.8 Å². The van der Waals surface area contributed by atoms with Gasteiger partial charge in [-0.25, -0.2) is 14.5 Å². The molecule has 14 heteroatoms. The zero-order valence-corrected chi connectivity index (χ0v) is 30.1. The number of ether oxygens (including phenoxy) is 2. The van der Waals surface area contributed by atoms with Crippen LogP contribution in [0.4, 0.5) is 9.80 Å². The molecule has 2 aliphatic heterocycles. The minimum Gasteiger partial charge on any atom is -0.473 e. The van der Waals surface area contributed by atoms with Gasteiger partial charge in [-0.1, -0.05) is 5.16 Å². The summed E-state index contributed by atoms with van der Waals surface area (Å²) in [6.07, 6.45) is 8.93. The van der Waals surface area contributed by atoms with Gasteiger partial charge in [-0.15, -0.1) is 11.3 Å². The fraction of sp³-hybridized carbons (Fsp3) is 0.556. The van der Waals surface area contributed by atoms with Crippen LogP contribution in [-0.4, -0.2) is 72.1 Å². The van der Waals surface area contributed by atoms with Gasteiger partial charge in [0, 0.05) is 34.3 Å². The minimum atomic E-state index is -0.580. The van der Waals surface area contributed by atoms with Crippen molar-refractivity contribution < 1.29 is 18.8 Å². The van der Waals surface area contributed by atoms with Crippen molar-refractivity contribution in [2.75, 3.05) is 19.3 Å². The highest BCUT2D eigenvalue weighted by atomic mass is 32.1. The van der Waals surface area contributed by atoms with Gasteiger partial charge in [-0.05, 0) is 98.2 Å². The summed E-state index contributed by atoms with van der Waals surface area (Å²) in [4.78, 5) is 27.9. The molecule has 1 fully saturated rings. The lowest BCUT2D eigenvalue weighted by atomic mass is 9.63. The van der Waals surface area contributed by atoms with Gasteiger partial charge in [-0.2, -0.15) is 15.3 Å². The van der Waals surface area contributed by atoms with Crippen molar-refractivity contribution in [2.45, 2.75) is 115 Å². The van der Waals surface area contributed by atoms with E-state index in [1.807, 2.05) is 33.0 Å². The number of aryl methyl sites for hydroxylation is 1. The molecule has 50 heavy (non-hydrogen) atoms. The molecule has 13 nitrogen and oxygen atoms in total. The molecule has 2 N–H and O–H groups in total. The molecule has 262 valence electrons. The van der Waals surface area contributed by atoms with E-state index < -0.39 is 11.0 Å². The number of anilines is 1. The first-order valence-electron chi connectivity index (χ1n) is 17.6. The first-order valence-corrected chi connectivity index (χ1v) is 18.4. The van der Waals surface area contributed by atoms with Gasteiger partial charge in [-0.3, -0.25) is 9.80 Å². The van der Waals surface area contributed by atoms with Crippen LogP contribution in [0.1, 0.15) is 105 Å². The van der Waals surface area contributed by atoms with Crippen molar-refractivity contribution in [3.05, 3.63) is 50.8 Å². The molecule has 0 saturated carbocycles. The Balaban J connectivity index is 1.17. The molecule has 3 atom stereocenters. The Kier molecular flexibility index (Phi) is 7.91. The summed E-state index contributed by atoms with van der Waals surface area (Å²) in [6, 6.07) is 4.49. The number of nitrogens with zero attached hydrogens (tertiary/aromatic N) is 8. The normalized spacial score (nSPS) is 22.2. The highest BCUT2D eigenvalue weighted by molar-refractivity contribution is 7.16. The van der Waals surface area contributed by atoms with E-state index in [-0.39, 0.29) is 18.2 Å². The van der Waals surface area contributed by atoms with Crippen molar-refractivity contribution in [3.63, 3.8) is 0 Å². The summed E-state index contributed by atoms with van der Waals surface area (Å²) in [6.45, 7) is 9.45. The van der Waals surface area contributed by atoms with Crippen molar-refractivity contribution >= 4 is 22.4 Å². The highest BCUT2D eigenvalue weighted by Gasteiger charge is 2.49. The Bertz CT molecular complexity index is 1990. The fourth-order valence-electron chi connectivity index (χ4n) is 8.44. The molecule has 6 heterocycles. The van der Waals surface area contributed by atoms with Gasteiger partial charge >= 0.3 is 6.09 Å². The van der Waals surface area contributed by atoms with Crippen molar-refractivity contribution in [1.29, 1.82) is 5.26 Å². The average molecular weight is 698 g/mol. The maximum Gasteiger partial charge on any atom is 0.410 e. The number of likely N-dealkylation sites (tertiary alicyclic amines) is 1. The maximum atomic E-state index is 12.8. The summed E-state index contributed by atoms with van der Waals surface area (Å²) < 4.78 is 20.2. The third-order valence-corrected chi connectivity index (χ3v) is 11.7. The van der Waals surface area contributed by atoms with Crippen LogP contribution in [-0.2, 0) is 36.1 Å². The molecule has 4 aliphatic rings. The molecule has 4 aromatic rings. The lowest BCUT2D eigenvalue weighted by Crippen LogP contribution is -2.38. The van der Waals surface area contributed by atoms with E-state index in [1.54, 1.807) is 9.58 Å². The number of nitriles is 1. The number of thiophene rings is 1. The van der Waals surface area contributed by atoms with E-state index in [4.69, 9.17) is 34.8 Å². The average Bonchev–Trinajstić information content (AvgIpc) is 3.88. The smallest absolute Gasteiger partial charge is 0.410 e. The second kappa shape index (κ2) is 12.1. The molecule has 0 aromatic carbocycles. The molecular formula is C36H43N9O4S. The highest BCUT2D eigenvalue weighted by Crippen LogP contribution is 2.55. The van der Waals surface area contributed by atoms with Gasteiger partial charge in [0.25, 0.3) is 0 Å². The van der Waals surface area contributed by atoms with E-state index in [0.717, 1.165) is 86.1 Å². The molecule has 0 radical (unpaired) electrons. The quantitative estimate of drug-likeness (QED) is 0.264. The van der Waals surface area contributed by atoms with Crippen LogP contribution >= 0.6 is 11.3 Å². The third-order valence-electron chi connectivity index (χ3n) is 10.7. The Morgan fingerprint density at radius 3 is 2.72 bits per heavy atom. The van der Waals surface area contributed by atoms with Crippen LogP contribution in [0.25, 0.3) is 17.3 Å². The summed E-state index contributed by atoms with van der Waals surface area (Å²) >= 11 is 1.53. The zero-order valence-electron chi connectivity index (χ0n) is 29.3. The third kappa shape index (κ3) is 5.51. The van der Waals surface area contributed by atoms with Crippen LogP contribution < -0.4 is 10.5 Å². The van der Waals surface area contributed by atoms with Crippen LogP contribution in [0.3, 0.4) is 0 Å². The molecule has 1 spiro atoms. The summed E-state index contributed by atoms with van der Waals surface area (Å²) in [7, 11) is 2.13. The number of hydrogen-bond acceptors (Lipinski definition) is 12. The molecule has 8 rings (SSSR count). The van der Waals surface area contributed by atoms with E-state index in [2.05, 4.69) is 30.1 Å². The van der Waals surface area contributed by atoms with Crippen molar-refractivity contribution in [1.82, 2.24) is 34.7 Å². The number of amides is 1. The van der Waals surface area contributed by atoms with Crippen molar-refractivity contribution in [3.8, 4) is 29.3 Å². The zero-order chi connectivity index (χ0) is 34.9. The standard InChI is InChI=1S/C36H43N9O4S/c1-20(25-10-8-14-43(25)5)47-28-15-27(45-18-21-17-44(19-24(21)41-45)34(46)48-35(2,3)4)39-33(40-28)30-22-9-6-12-36(31(22)49-42-30)13-7-11-26-29(36)23(16-37)32(38)50-26/h15,18,20,25H,6-14,17,19,38H2,1-5H3/t20-,25-,36-/m0/s1. The van der Waals surface area contributed by atoms with E-state index in [1.165, 1.54) is 16.2 Å². The van der Waals surface area contributed by atoms with Gasteiger partial charge < -0.3 is 19.7 Å². The predicted octanol–water partition coefficient (Wildman–Crippen LogP) is 5.90. The minimum absolute atomic E-state index is 0.105. The number of carbonyl (C=O) groups excluding carboxylic acids is 1. The van der Waals surface area contributed by atoms with Gasteiger partial charge in [0.15, 0.2) is 23.1 Å². The summed E-state index contributed by atoms with van der Waals surface area (Å²) in [5.41, 5.74) is 10.2. The number of likely N-dealkylation sites (N-methyl/N-ethyl adjacent to an activating group) is 1. The predicted molar refractivity (Wildman–Crippen MR) is 186 cm³/mol. The number of aromatic nitrogens is 5. The first kappa shape index (κ1) is 32.7. The number of carbonyl (C=O) groups is 1. The number of hydrogen-bond donors (Lipinski definition) is 1. The molecule has 0 bridgehead atoms. The Morgan fingerprint density at radius 1 is 1.20 bits per heavy atom. The van der Waals surface area contributed by atoms with Gasteiger partial charge in [0.1, 0.15) is 22.8 Å². The number of rotatable bonds is 5. The number of nitrogens with two attached hydrogens (primary N) is 1. The largest absolute Gasteiger partial charge is 0.473 e. The number of fused-ring (bicyclic) bond motifs is 5. The molecule has 4 aromatic heterocycles. The lowest BCUT2D eigenvalue weighted by molar-refractivity contribution is 0.0239. The fourth-order valence-corrected chi connectivity index (χ4v) is 9.60. The Hall–Kier alpha value is -4.48. The topological polar surface area (TPSA) is 161 Å². The summed E-state index contributed by atoms with van der Waals surface area (Å²) in [5.74, 6) is 2.17. The lowest BCUT2D eigenvalue weighted by Gasteiger charge is -2.39. The van der Waals surface area contributed by atoms with E-state index in [0.29, 0.717) is 46.9 Å². The van der Waals surface area contributed by atoms with Crippen LogP contribution in [0.5, 0.6) is 5.88 Å². The first-order chi connectivity index (χ1) is 23.9. The second-order valence-corrected chi connectivity index (χ2v) is 16.3. The Morgan fingerprint density at radius 2 is 2.00 bits per heavy atom. The molecule has 1 amide bonds. The monoisotopic (exact) mass is 697 g/mol. The molecule has 2 aliphatic carbocycles. The number of nitrogen functional groups attached to an aromatic ring is 1. The van der Waals surface area contributed by atoms with Crippen LogP contribution in [0.15, 0.2) is 16.8 Å². The van der Waals surface area contributed by atoms with Crippen molar-refractivity contribution in [2.24, 2.45) is 0 Å². The second-order valence-electron chi connectivity index (χ2n) is 15.2. The van der Waals surface area contributed by atoms with Crippen LogP contribution in [0, 0.1) is 11.3 Å². The van der Waals surface area contributed by atoms with Gasteiger partial charge in [0.2, 0.25) is 5.88 Å². The summed E-state index contributed by atoms with van der Waals surface area (Å²) in [5, 5.41) is 20.2.